The normalized spacial score (nSPS) is 16.8. The topological polar surface area (TPSA) is 97.6 Å². The molecule has 3 rings (SSSR count). The van der Waals surface area contributed by atoms with E-state index in [9.17, 15) is 13.2 Å². The molecule has 0 aliphatic carbocycles. The van der Waals surface area contributed by atoms with Crippen LogP contribution in [0.25, 0.3) is 0 Å². The number of para-hydroxylation sites is 1. The highest BCUT2D eigenvalue weighted by Gasteiger charge is 2.27. The maximum absolute atomic E-state index is 12.2. The molecule has 0 saturated heterocycles. The Balaban J connectivity index is 1.59. The monoisotopic (exact) mass is 378 g/mol. The molecule has 8 heteroatoms. The highest BCUT2D eigenvalue weighted by atomic mass is 32.2. The first kappa shape index (κ1) is 18.5. The molecule has 26 heavy (non-hydrogen) atoms. The summed E-state index contributed by atoms with van der Waals surface area (Å²) < 4.78 is 37.9. The van der Waals surface area contributed by atoms with Crippen LogP contribution >= 0.6 is 0 Å². The Morgan fingerprint density at radius 3 is 2.62 bits per heavy atom. The first-order chi connectivity index (χ1) is 12.1. The van der Waals surface area contributed by atoms with Crippen molar-refractivity contribution >= 4 is 15.9 Å². The van der Waals surface area contributed by atoms with Gasteiger partial charge >= 0.3 is 0 Å². The van der Waals surface area contributed by atoms with Crippen molar-refractivity contribution < 1.29 is 22.4 Å². The van der Waals surface area contributed by atoms with Crippen molar-refractivity contribution in [2.24, 2.45) is 0 Å². The Morgan fingerprint density at radius 2 is 1.92 bits per heavy atom. The molecule has 0 fully saturated rings. The molecule has 1 aliphatic heterocycles. The molecule has 1 aromatic heterocycles. The first-order valence-electron chi connectivity index (χ1n) is 8.31. The van der Waals surface area contributed by atoms with Crippen LogP contribution in [-0.2, 0) is 16.4 Å². The number of furan rings is 1. The van der Waals surface area contributed by atoms with Crippen molar-refractivity contribution in [1.82, 2.24) is 10.0 Å². The Labute approximate surface area is 152 Å². The number of hydrogen-bond acceptors (Lipinski definition) is 5. The Hall–Kier alpha value is -2.32. The minimum Gasteiger partial charge on any atom is -0.488 e. The van der Waals surface area contributed by atoms with E-state index >= 15 is 0 Å². The second-order valence-electron chi connectivity index (χ2n) is 7.24. The third-order valence-corrected chi connectivity index (χ3v) is 5.34. The van der Waals surface area contributed by atoms with E-state index in [4.69, 9.17) is 9.15 Å². The molecule has 0 radical (unpaired) electrons. The molecule has 2 N–H and O–H groups in total. The molecule has 0 unspecified atom stereocenters. The molecule has 0 spiro atoms. The van der Waals surface area contributed by atoms with Crippen LogP contribution < -0.4 is 14.8 Å². The molecule has 1 aliphatic rings. The summed E-state index contributed by atoms with van der Waals surface area (Å²) in [5, 5.41) is 2.43. The van der Waals surface area contributed by atoms with Gasteiger partial charge in [-0.1, -0.05) is 18.2 Å². The second kappa shape index (κ2) is 6.77. The fourth-order valence-corrected chi connectivity index (χ4v) is 4.05. The average Bonchev–Trinajstić information content (AvgIpc) is 3.17. The van der Waals surface area contributed by atoms with Gasteiger partial charge < -0.3 is 14.5 Å². The lowest BCUT2D eigenvalue weighted by molar-refractivity contribution is 0.0900. The summed E-state index contributed by atoms with van der Waals surface area (Å²) >= 11 is 0. The van der Waals surface area contributed by atoms with Crippen LogP contribution in [0.4, 0.5) is 0 Å². The molecular formula is C18H22N2O5S. The van der Waals surface area contributed by atoms with Crippen molar-refractivity contribution in [3.63, 3.8) is 0 Å². The number of ether oxygens (including phenoxy) is 1. The van der Waals surface area contributed by atoms with Crippen molar-refractivity contribution in [3.8, 4) is 5.75 Å². The SMILES string of the molecule is CC(C)(C)NS(=O)(=O)c1ccc(C(=O)NC[C@@H]2Cc3ccccc3O2)o1. The van der Waals surface area contributed by atoms with Crippen LogP contribution in [0.3, 0.4) is 0 Å². The predicted molar refractivity (Wildman–Crippen MR) is 95.7 cm³/mol. The fraction of sp³-hybridized carbons (Fsp3) is 0.389. The van der Waals surface area contributed by atoms with E-state index in [2.05, 4.69) is 10.0 Å². The molecule has 1 amide bonds. The van der Waals surface area contributed by atoms with E-state index < -0.39 is 21.5 Å². The molecule has 0 bridgehead atoms. The maximum Gasteiger partial charge on any atom is 0.287 e. The number of carbonyl (C=O) groups is 1. The molecule has 2 heterocycles. The van der Waals surface area contributed by atoms with Crippen LogP contribution in [0.15, 0.2) is 45.9 Å². The van der Waals surface area contributed by atoms with Gasteiger partial charge in [0.2, 0.25) is 5.09 Å². The van der Waals surface area contributed by atoms with E-state index in [0.717, 1.165) is 11.3 Å². The van der Waals surface area contributed by atoms with Crippen molar-refractivity contribution in [3.05, 3.63) is 47.7 Å². The van der Waals surface area contributed by atoms with Crippen molar-refractivity contribution in [2.45, 2.75) is 43.9 Å². The Bertz CT molecular complexity index is 887. The first-order valence-corrected chi connectivity index (χ1v) is 9.79. The summed E-state index contributed by atoms with van der Waals surface area (Å²) in [4.78, 5) is 12.2. The number of benzene rings is 1. The minimum atomic E-state index is -3.82. The van der Waals surface area contributed by atoms with Crippen LogP contribution in [-0.4, -0.2) is 32.5 Å². The standard InChI is InChI=1S/C18H22N2O5S/c1-18(2,3)20-26(22,23)16-9-8-15(25-16)17(21)19-11-13-10-12-6-4-5-7-14(12)24-13/h4-9,13,20H,10-11H2,1-3H3,(H,19,21)/t13-/m0/s1. The van der Waals surface area contributed by atoms with E-state index in [1.54, 1.807) is 20.8 Å². The molecule has 7 nitrogen and oxygen atoms in total. The summed E-state index contributed by atoms with van der Waals surface area (Å²) in [6.45, 7) is 5.47. The van der Waals surface area contributed by atoms with Gasteiger partial charge in [0.1, 0.15) is 11.9 Å². The third-order valence-electron chi connectivity index (χ3n) is 3.71. The summed E-state index contributed by atoms with van der Waals surface area (Å²) in [5.74, 6) is 0.281. The Kier molecular flexibility index (Phi) is 4.81. The van der Waals surface area contributed by atoms with Crippen LogP contribution in [0.1, 0.15) is 36.9 Å². The summed E-state index contributed by atoms with van der Waals surface area (Å²) in [6, 6.07) is 10.3. The summed E-state index contributed by atoms with van der Waals surface area (Å²) in [5.41, 5.74) is 0.453. The van der Waals surface area contributed by atoms with Gasteiger partial charge in [-0.05, 0) is 44.5 Å². The van der Waals surface area contributed by atoms with E-state index in [-0.39, 0.29) is 17.0 Å². The van der Waals surface area contributed by atoms with Gasteiger partial charge in [-0.25, -0.2) is 13.1 Å². The molecule has 2 aromatic rings. The summed E-state index contributed by atoms with van der Waals surface area (Å²) in [7, 11) is -3.82. The second-order valence-corrected chi connectivity index (χ2v) is 8.85. The number of nitrogens with one attached hydrogen (secondary N) is 2. The van der Waals surface area contributed by atoms with Gasteiger partial charge in [0.25, 0.3) is 15.9 Å². The molecular weight excluding hydrogens is 356 g/mol. The van der Waals surface area contributed by atoms with Gasteiger partial charge in [-0.3, -0.25) is 4.79 Å². The lowest BCUT2D eigenvalue weighted by atomic mass is 10.1. The fourth-order valence-electron chi connectivity index (χ4n) is 2.70. The van der Waals surface area contributed by atoms with Crippen LogP contribution in [0.5, 0.6) is 5.75 Å². The van der Waals surface area contributed by atoms with Gasteiger partial charge in [-0.15, -0.1) is 0 Å². The third kappa shape index (κ3) is 4.25. The zero-order valence-corrected chi connectivity index (χ0v) is 15.7. The number of fused-ring (bicyclic) bond motifs is 1. The number of carbonyl (C=O) groups excluding carboxylic acids is 1. The Morgan fingerprint density at radius 1 is 1.19 bits per heavy atom. The van der Waals surface area contributed by atoms with Crippen LogP contribution in [0.2, 0.25) is 0 Å². The zero-order chi connectivity index (χ0) is 18.9. The predicted octanol–water partition coefficient (Wildman–Crippen LogP) is 2.09. The van der Waals surface area contributed by atoms with E-state index in [1.807, 2.05) is 24.3 Å². The zero-order valence-electron chi connectivity index (χ0n) is 14.9. The number of amides is 1. The van der Waals surface area contributed by atoms with Crippen molar-refractivity contribution in [2.75, 3.05) is 6.54 Å². The minimum absolute atomic E-state index is 0.0604. The molecule has 140 valence electrons. The lowest BCUT2D eigenvalue weighted by Crippen LogP contribution is -2.40. The molecule has 0 saturated carbocycles. The van der Waals surface area contributed by atoms with E-state index in [1.165, 1.54) is 12.1 Å². The lowest BCUT2D eigenvalue weighted by Gasteiger charge is -2.19. The molecule has 1 aromatic carbocycles. The highest BCUT2D eigenvalue weighted by molar-refractivity contribution is 7.89. The van der Waals surface area contributed by atoms with Gasteiger partial charge in [0, 0.05) is 12.0 Å². The smallest absolute Gasteiger partial charge is 0.287 e. The number of sulfonamides is 1. The molecule has 1 atom stereocenters. The highest BCUT2D eigenvalue weighted by Crippen LogP contribution is 2.27. The van der Waals surface area contributed by atoms with Crippen molar-refractivity contribution in [1.29, 1.82) is 0 Å². The van der Waals surface area contributed by atoms with Gasteiger partial charge in [0.05, 0.1) is 6.54 Å². The van der Waals surface area contributed by atoms with Gasteiger partial charge in [-0.2, -0.15) is 0 Å². The average molecular weight is 378 g/mol. The number of rotatable bonds is 5. The maximum atomic E-state index is 12.2. The van der Waals surface area contributed by atoms with E-state index in [0.29, 0.717) is 13.0 Å². The quantitative estimate of drug-likeness (QED) is 0.830. The number of hydrogen-bond donors (Lipinski definition) is 2. The van der Waals surface area contributed by atoms with Gasteiger partial charge in [0.15, 0.2) is 5.76 Å². The summed E-state index contributed by atoms with van der Waals surface area (Å²) in [6.07, 6.45) is 0.557. The largest absolute Gasteiger partial charge is 0.488 e. The van der Waals surface area contributed by atoms with Crippen LogP contribution in [0, 0.1) is 0 Å².